The van der Waals surface area contributed by atoms with Gasteiger partial charge in [0, 0.05) is 6.07 Å². The number of carbonyl (C=O) groups excluding carboxylic acids is 2. The van der Waals surface area contributed by atoms with E-state index in [2.05, 4.69) is 15.9 Å². The number of halogens is 5. The number of rotatable bonds is 6. The Kier molecular flexibility index (Phi) is 7.31. The van der Waals surface area contributed by atoms with Crippen LogP contribution in [-0.2, 0) is 11.0 Å². The predicted octanol–water partition coefficient (Wildman–Crippen LogP) is 5.52. The van der Waals surface area contributed by atoms with Crippen LogP contribution in [0, 0.1) is 0 Å². The van der Waals surface area contributed by atoms with Crippen molar-refractivity contribution in [2.45, 2.75) is 26.1 Å². The lowest BCUT2D eigenvalue weighted by atomic mass is 10.1. The lowest BCUT2D eigenvalue weighted by Gasteiger charge is -2.14. The fourth-order valence-corrected chi connectivity index (χ4v) is 3.17. The van der Waals surface area contributed by atoms with Crippen LogP contribution in [0.5, 0.6) is 0 Å². The number of hydrogen-bond donors (Lipinski definition) is 2. The predicted molar refractivity (Wildman–Crippen MR) is 117 cm³/mol. The first-order valence-electron chi connectivity index (χ1n) is 9.47. The Hall–Kier alpha value is -3.08. The molecule has 0 aliphatic heterocycles. The molecular formula is C21H17Cl2F3N4O3. The molecule has 0 saturated carbocycles. The first-order chi connectivity index (χ1) is 15.5. The Balaban J connectivity index is 2.03. The molecular weight excluding hydrogens is 484 g/mol. The second kappa shape index (κ2) is 9.82. The van der Waals surface area contributed by atoms with Crippen molar-refractivity contribution in [1.29, 1.82) is 0 Å². The maximum absolute atomic E-state index is 13.3. The fourth-order valence-electron chi connectivity index (χ4n) is 2.73. The molecule has 1 heterocycles. The fraction of sp³-hybridized carbons (Fsp3) is 0.190. The Bertz CT molecular complexity index is 1200. The Morgan fingerprint density at radius 3 is 2.33 bits per heavy atom. The van der Waals surface area contributed by atoms with Crippen molar-refractivity contribution in [3.8, 4) is 5.69 Å². The summed E-state index contributed by atoms with van der Waals surface area (Å²) in [6.45, 7) is 3.38. The summed E-state index contributed by atoms with van der Waals surface area (Å²) >= 11 is 12.3. The summed E-state index contributed by atoms with van der Waals surface area (Å²) in [4.78, 5) is 30.6. The molecule has 0 unspecified atom stereocenters. The van der Waals surface area contributed by atoms with Gasteiger partial charge in [-0.3, -0.25) is 14.4 Å². The van der Waals surface area contributed by atoms with Crippen LogP contribution in [-0.4, -0.2) is 27.7 Å². The highest BCUT2D eigenvalue weighted by Crippen LogP contribution is 2.32. The lowest BCUT2D eigenvalue weighted by molar-refractivity contribution is -0.141. The van der Waals surface area contributed by atoms with Gasteiger partial charge in [0.1, 0.15) is 5.69 Å². The average molecular weight is 501 g/mol. The largest absolute Gasteiger partial charge is 0.435 e. The number of amides is 2. The van der Waals surface area contributed by atoms with Crippen LogP contribution >= 0.6 is 23.2 Å². The zero-order chi connectivity index (χ0) is 24.3. The minimum absolute atomic E-state index is 0.0135. The summed E-state index contributed by atoms with van der Waals surface area (Å²) in [7, 11) is 0. The van der Waals surface area contributed by atoms with Crippen LogP contribution in [0.15, 0.2) is 48.5 Å². The van der Waals surface area contributed by atoms with Gasteiger partial charge in [-0.05, 0) is 38.1 Å². The van der Waals surface area contributed by atoms with Crippen LogP contribution < -0.4 is 10.8 Å². The number of alkyl halides is 3. The van der Waals surface area contributed by atoms with E-state index in [-0.39, 0.29) is 33.1 Å². The van der Waals surface area contributed by atoms with E-state index in [0.717, 1.165) is 4.68 Å². The van der Waals surface area contributed by atoms with Crippen LogP contribution in [0.4, 0.5) is 18.9 Å². The SMILES string of the molecule is CC(C)ONC(=O)c1cccc(Cl)c1NC(=O)c1cc(C(F)(F)F)nn1-c1ccccc1Cl. The molecule has 3 rings (SSSR count). The third-order valence-electron chi connectivity index (χ3n) is 4.20. The monoisotopic (exact) mass is 500 g/mol. The van der Waals surface area contributed by atoms with E-state index >= 15 is 0 Å². The Morgan fingerprint density at radius 1 is 1.03 bits per heavy atom. The zero-order valence-corrected chi connectivity index (χ0v) is 18.7. The molecule has 2 N–H and O–H groups in total. The van der Waals surface area contributed by atoms with Crippen molar-refractivity contribution in [2.75, 3.05) is 5.32 Å². The van der Waals surface area contributed by atoms with Gasteiger partial charge in [-0.1, -0.05) is 41.4 Å². The molecule has 0 aliphatic rings. The molecule has 2 aromatic carbocycles. The van der Waals surface area contributed by atoms with Crippen LogP contribution in [0.3, 0.4) is 0 Å². The first kappa shape index (κ1) is 24.6. The van der Waals surface area contributed by atoms with E-state index in [9.17, 15) is 22.8 Å². The zero-order valence-electron chi connectivity index (χ0n) is 17.2. The number of nitrogens with zero attached hydrogens (tertiary/aromatic N) is 2. The molecule has 0 fully saturated rings. The lowest BCUT2D eigenvalue weighted by Crippen LogP contribution is -2.28. The van der Waals surface area contributed by atoms with Crippen molar-refractivity contribution in [3.05, 3.63) is 75.5 Å². The number of aromatic nitrogens is 2. The molecule has 0 atom stereocenters. The molecule has 174 valence electrons. The molecule has 0 saturated heterocycles. The van der Waals surface area contributed by atoms with Gasteiger partial charge in [0.05, 0.1) is 33.1 Å². The smallest absolute Gasteiger partial charge is 0.319 e. The second-order valence-electron chi connectivity index (χ2n) is 6.99. The van der Waals surface area contributed by atoms with Crippen LogP contribution in [0.2, 0.25) is 10.0 Å². The van der Waals surface area contributed by atoms with Crippen molar-refractivity contribution in [2.24, 2.45) is 0 Å². The third kappa shape index (κ3) is 5.65. The Morgan fingerprint density at radius 2 is 1.70 bits per heavy atom. The van der Waals surface area contributed by atoms with Gasteiger partial charge in [-0.25, -0.2) is 10.2 Å². The molecule has 7 nitrogen and oxygen atoms in total. The van der Waals surface area contributed by atoms with E-state index in [4.69, 9.17) is 28.0 Å². The molecule has 0 aliphatic carbocycles. The number of para-hydroxylation sites is 2. The normalized spacial score (nSPS) is 11.5. The minimum Gasteiger partial charge on any atom is -0.319 e. The number of nitrogens with one attached hydrogen (secondary N) is 2. The highest BCUT2D eigenvalue weighted by atomic mass is 35.5. The summed E-state index contributed by atoms with van der Waals surface area (Å²) in [5.74, 6) is -1.71. The molecule has 2 amide bonds. The van der Waals surface area contributed by atoms with Gasteiger partial charge in [-0.2, -0.15) is 18.3 Å². The summed E-state index contributed by atoms with van der Waals surface area (Å²) in [6, 6.07) is 10.8. The highest BCUT2D eigenvalue weighted by Gasteiger charge is 2.36. The number of hydroxylamine groups is 1. The molecule has 33 heavy (non-hydrogen) atoms. The molecule has 3 aromatic rings. The van der Waals surface area contributed by atoms with Gasteiger partial charge < -0.3 is 5.32 Å². The second-order valence-corrected chi connectivity index (χ2v) is 7.80. The third-order valence-corrected chi connectivity index (χ3v) is 4.83. The van der Waals surface area contributed by atoms with Crippen molar-refractivity contribution >= 4 is 40.7 Å². The summed E-state index contributed by atoms with van der Waals surface area (Å²) in [5.41, 5.74) is 0.329. The summed E-state index contributed by atoms with van der Waals surface area (Å²) in [5, 5.41) is 5.98. The highest BCUT2D eigenvalue weighted by molar-refractivity contribution is 6.35. The average Bonchev–Trinajstić information content (AvgIpc) is 3.19. The van der Waals surface area contributed by atoms with Crippen molar-refractivity contribution in [1.82, 2.24) is 15.3 Å². The van der Waals surface area contributed by atoms with Gasteiger partial charge in [0.15, 0.2) is 5.69 Å². The van der Waals surface area contributed by atoms with E-state index < -0.39 is 29.4 Å². The number of anilines is 1. The van der Waals surface area contributed by atoms with Gasteiger partial charge in [0.25, 0.3) is 11.8 Å². The van der Waals surface area contributed by atoms with Crippen LogP contribution in [0.25, 0.3) is 5.69 Å². The maximum atomic E-state index is 13.3. The van der Waals surface area contributed by atoms with Gasteiger partial charge in [-0.15, -0.1) is 0 Å². The Labute approximate surface area is 196 Å². The summed E-state index contributed by atoms with van der Waals surface area (Å²) in [6.07, 6.45) is -5.14. The molecule has 0 bridgehead atoms. The van der Waals surface area contributed by atoms with Crippen molar-refractivity contribution in [3.63, 3.8) is 0 Å². The molecule has 1 aromatic heterocycles. The summed E-state index contributed by atoms with van der Waals surface area (Å²) < 4.78 is 40.8. The van der Waals surface area contributed by atoms with Crippen molar-refractivity contribution < 1.29 is 27.6 Å². The van der Waals surface area contributed by atoms with E-state index in [1.165, 1.54) is 36.4 Å². The number of hydrogen-bond acceptors (Lipinski definition) is 4. The molecule has 12 heteroatoms. The standard InChI is InChI=1S/C21H17Cl2F3N4O3/c1-11(2)33-29-19(31)12-6-5-8-14(23)18(12)27-20(32)16-10-17(21(24,25)26)28-30(16)15-9-4-3-7-13(15)22/h3-11H,1-2H3,(H,27,32)(H,29,31). The van der Waals surface area contributed by atoms with Gasteiger partial charge >= 0.3 is 6.18 Å². The van der Waals surface area contributed by atoms with E-state index in [0.29, 0.717) is 6.07 Å². The minimum atomic E-state index is -4.81. The molecule has 0 spiro atoms. The van der Waals surface area contributed by atoms with Gasteiger partial charge in [0.2, 0.25) is 0 Å². The number of benzene rings is 2. The number of carbonyl (C=O) groups is 2. The first-order valence-corrected chi connectivity index (χ1v) is 10.2. The topological polar surface area (TPSA) is 85.2 Å². The van der Waals surface area contributed by atoms with Crippen LogP contribution in [0.1, 0.15) is 40.4 Å². The van der Waals surface area contributed by atoms with E-state index in [1.807, 2.05) is 0 Å². The molecule has 0 radical (unpaired) electrons. The maximum Gasteiger partial charge on any atom is 0.435 e. The van der Waals surface area contributed by atoms with E-state index in [1.54, 1.807) is 19.9 Å². The quantitative estimate of drug-likeness (QED) is 0.436.